The van der Waals surface area contributed by atoms with Crippen molar-refractivity contribution in [2.45, 2.75) is 51.9 Å². The normalized spacial score (nSPS) is 11.6. The van der Waals surface area contributed by atoms with Crippen LogP contribution in [0.1, 0.15) is 51.9 Å². The molecule has 0 radical (unpaired) electrons. The van der Waals surface area contributed by atoms with Crippen LogP contribution < -0.4 is 10.6 Å². The van der Waals surface area contributed by atoms with E-state index in [4.69, 9.17) is 16.6 Å². The number of unbranched alkanes of at least 4 members (excludes halogenated alkanes) is 5. The summed E-state index contributed by atoms with van der Waals surface area (Å²) in [6.07, 6.45) is 9.16. The number of benzene rings is 3. The molecule has 168 valence electrons. The Morgan fingerprint density at radius 3 is 2.44 bits per heavy atom. The number of hydrogen-bond donors (Lipinski definition) is 2. The van der Waals surface area contributed by atoms with Gasteiger partial charge < -0.3 is 10.6 Å². The van der Waals surface area contributed by atoms with Gasteiger partial charge in [0, 0.05) is 27.7 Å². The van der Waals surface area contributed by atoms with Gasteiger partial charge in [-0.15, -0.1) is 0 Å². The minimum atomic E-state index is 0.717. The number of nitrogens with zero attached hydrogens (tertiary/aromatic N) is 1. The summed E-state index contributed by atoms with van der Waals surface area (Å²) < 4.78 is 0. The van der Waals surface area contributed by atoms with Crippen LogP contribution in [0, 0.1) is 0 Å². The maximum Gasteiger partial charge on any atom is 0.0808 e. The molecule has 1 aromatic heterocycles. The topological polar surface area (TPSA) is 37.0 Å². The monoisotopic (exact) mass is 447 g/mol. The zero-order valence-corrected chi connectivity index (χ0v) is 19.8. The van der Waals surface area contributed by atoms with Crippen molar-refractivity contribution < 1.29 is 0 Å². The second-order valence-electron chi connectivity index (χ2n) is 8.63. The molecule has 3 aromatic carbocycles. The van der Waals surface area contributed by atoms with E-state index in [2.05, 4.69) is 60.0 Å². The van der Waals surface area contributed by atoms with Crippen LogP contribution in [-0.4, -0.2) is 24.6 Å². The highest BCUT2D eigenvalue weighted by Crippen LogP contribution is 2.35. The summed E-state index contributed by atoms with van der Waals surface area (Å²) in [7, 11) is 0. The molecule has 4 heteroatoms. The minimum Gasteiger partial charge on any atom is -0.384 e. The van der Waals surface area contributed by atoms with E-state index in [-0.39, 0.29) is 0 Å². The molecule has 32 heavy (non-hydrogen) atoms. The summed E-state index contributed by atoms with van der Waals surface area (Å²) in [6.45, 7) is 5.35. The van der Waals surface area contributed by atoms with Gasteiger partial charge in [-0.25, -0.2) is 4.98 Å². The van der Waals surface area contributed by atoms with E-state index < -0.39 is 0 Å². The first-order chi connectivity index (χ1) is 15.8. The highest BCUT2D eigenvalue weighted by atomic mass is 35.5. The van der Waals surface area contributed by atoms with Crippen molar-refractivity contribution in [1.29, 1.82) is 0 Å². The number of pyridine rings is 1. The number of halogens is 1. The maximum atomic E-state index is 6.29. The van der Waals surface area contributed by atoms with E-state index >= 15 is 0 Å². The first-order valence-electron chi connectivity index (χ1n) is 12.1. The van der Waals surface area contributed by atoms with Crippen molar-refractivity contribution in [2.75, 3.05) is 25.0 Å². The molecule has 0 unspecified atom stereocenters. The van der Waals surface area contributed by atoms with Crippen molar-refractivity contribution in [1.82, 2.24) is 10.3 Å². The zero-order chi connectivity index (χ0) is 22.2. The van der Waals surface area contributed by atoms with Gasteiger partial charge in [0.1, 0.15) is 0 Å². The zero-order valence-electron chi connectivity index (χ0n) is 19.1. The van der Waals surface area contributed by atoms with E-state index in [1.54, 1.807) is 0 Å². The lowest BCUT2D eigenvalue weighted by Gasteiger charge is -2.15. The Morgan fingerprint density at radius 1 is 0.750 bits per heavy atom. The molecule has 0 atom stereocenters. The number of nitrogens with one attached hydrogen (secondary N) is 2. The third kappa shape index (κ3) is 5.51. The van der Waals surface area contributed by atoms with Crippen LogP contribution in [-0.2, 0) is 0 Å². The Labute approximate surface area is 196 Å². The Kier molecular flexibility index (Phi) is 8.19. The second-order valence-corrected chi connectivity index (χ2v) is 9.07. The molecule has 4 rings (SSSR count). The summed E-state index contributed by atoms with van der Waals surface area (Å²) >= 11 is 6.29. The van der Waals surface area contributed by atoms with Gasteiger partial charge in [-0.3, -0.25) is 0 Å². The fourth-order valence-corrected chi connectivity index (χ4v) is 4.59. The average molecular weight is 448 g/mol. The third-order valence-electron chi connectivity index (χ3n) is 6.17. The molecular formula is C28H34ClN3. The van der Waals surface area contributed by atoms with Crippen molar-refractivity contribution in [3.63, 3.8) is 0 Å². The van der Waals surface area contributed by atoms with Gasteiger partial charge in [0.25, 0.3) is 0 Å². The summed E-state index contributed by atoms with van der Waals surface area (Å²) in [4.78, 5) is 5.00. The molecule has 0 aliphatic rings. The Bertz CT molecular complexity index is 1170. The molecule has 0 bridgehead atoms. The SMILES string of the molecule is CCCCCCCCNCCCNc1c2ccc(Cl)cc2nc2c1ccc1ccccc12. The number of aromatic nitrogens is 1. The molecule has 0 saturated carbocycles. The van der Waals surface area contributed by atoms with Gasteiger partial charge in [0.15, 0.2) is 0 Å². The minimum absolute atomic E-state index is 0.717. The van der Waals surface area contributed by atoms with Crippen LogP contribution >= 0.6 is 11.6 Å². The fourth-order valence-electron chi connectivity index (χ4n) is 4.42. The van der Waals surface area contributed by atoms with Crippen LogP contribution in [0.15, 0.2) is 54.6 Å². The summed E-state index contributed by atoms with van der Waals surface area (Å²) in [5.74, 6) is 0. The van der Waals surface area contributed by atoms with Gasteiger partial charge in [-0.1, -0.05) is 87.0 Å². The first-order valence-corrected chi connectivity index (χ1v) is 12.5. The lowest BCUT2D eigenvalue weighted by molar-refractivity contribution is 0.568. The largest absolute Gasteiger partial charge is 0.384 e. The second kappa shape index (κ2) is 11.5. The van der Waals surface area contributed by atoms with Crippen molar-refractivity contribution in [3.05, 3.63) is 59.6 Å². The van der Waals surface area contributed by atoms with E-state index in [1.165, 1.54) is 54.7 Å². The van der Waals surface area contributed by atoms with E-state index in [0.29, 0.717) is 0 Å². The quantitative estimate of drug-likeness (QED) is 0.131. The van der Waals surface area contributed by atoms with Crippen molar-refractivity contribution in [2.24, 2.45) is 0 Å². The molecule has 1 heterocycles. The molecule has 4 aromatic rings. The standard InChI is InChI=1S/C28H34ClN3/c1-2-3-4-5-6-9-17-30-18-10-19-31-27-24-16-14-22(29)20-26(24)32-28-23-12-8-7-11-21(23)13-15-25(27)28/h7-8,11-16,20,30H,2-6,9-10,17-19H2,1H3,(H,31,32). The van der Waals surface area contributed by atoms with E-state index in [9.17, 15) is 0 Å². The highest BCUT2D eigenvalue weighted by Gasteiger charge is 2.11. The van der Waals surface area contributed by atoms with Crippen LogP contribution in [0.3, 0.4) is 0 Å². The van der Waals surface area contributed by atoms with Gasteiger partial charge in [0.05, 0.1) is 16.7 Å². The molecule has 0 aliphatic heterocycles. The Balaban J connectivity index is 1.43. The maximum absolute atomic E-state index is 6.29. The average Bonchev–Trinajstić information content (AvgIpc) is 2.81. The highest BCUT2D eigenvalue weighted by molar-refractivity contribution is 6.31. The van der Waals surface area contributed by atoms with Crippen LogP contribution in [0.25, 0.3) is 32.6 Å². The predicted molar refractivity (Wildman–Crippen MR) is 141 cm³/mol. The van der Waals surface area contributed by atoms with E-state index in [0.717, 1.165) is 53.2 Å². The molecule has 3 nitrogen and oxygen atoms in total. The summed E-state index contributed by atoms with van der Waals surface area (Å²) in [6, 6.07) is 18.8. The van der Waals surface area contributed by atoms with Crippen molar-refractivity contribution in [3.8, 4) is 0 Å². The predicted octanol–water partition coefficient (Wildman–Crippen LogP) is 7.95. The molecule has 0 saturated heterocycles. The molecule has 0 fully saturated rings. The van der Waals surface area contributed by atoms with Gasteiger partial charge in [-0.05, 0) is 49.5 Å². The summed E-state index contributed by atoms with van der Waals surface area (Å²) in [5.41, 5.74) is 3.12. The third-order valence-corrected chi connectivity index (χ3v) is 6.41. The Morgan fingerprint density at radius 2 is 1.53 bits per heavy atom. The molecular weight excluding hydrogens is 414 g/mol. The van der Waals surface area contributed by atoms with Crippen LogP contribution in [0.4, 0.5) is 5.69 Å². The number of anilines is 1. The summed E-state index contributed by atoms with van der Waals surface area (Å²) in [5, 5.41) is 12.7. The van der Waals surface area contributed by atoms with Crippen LogP contribution in [0.5, 0.6) is 0 Å². The lowest BCUT2D eigenvalue weighted by atomic mass is 10.0. The fraction of sp³-hybridized carbons (Fsp3) is 0.393. The Hall–Kier alpha value is -2.36. The number of rotatable bonds is 12. The number of fused-ring (bicyclic) bond motifs is 4. The molecule has 0 amide bonds. The smallest absolute Gasteiger partial charge is 0.0808 e. The molecule has 2 N–H and O–H groups in total. The van der Waals surface area contributed by atoms with Crippen LogP contribution in [0.2, 0.25) is 5.02 Å². The lowest BCUT2D eigenvalue weighted by Crippen LogP contribution is -2.19. The van der Waals surface area contributed by atoms with Gasteiger partial charge >= 0.3 is 0 Å². The first kappa shape index (κ1) is 22.8. The van der Waals surface area contributed by atoms with Gasteiger partial charge in [0.2, 0.25) is 0 Å². The van der Waals surface area contributed by atoms with E-state index in [1.807, 2.05) is 12.1 Å². The molecule has 0 spiro atoms. The molecule has 0 aliphatic carbocycles. The van der Waals surface area contributed by atoms with Gasteiger partial charge in [-0.2, -0.15) is 0 Å². The number of hydrogen-bond acceptors (Lipinski definition) is 3. The van der Waals surface area contributed by atoms with Crippen molar-refractivity contribution >= 4 is 49.9 Å².